The van der Waals surface area contributed by atoms with E-state index >= 15 is 0 Å². The quantitative estimate of drug-likeness (QED) is 0.621. The Bertz CT molecular complexity index is 589. The van der Waals surface area contributed by atoms with Crippen LogP contribution in [0.25, 0.3) is 0 Å². The molecule has 2 N–H and O–H groups in total. The lowest BCUT2D eigenvalue weighted by atomic mass is 10.1. The smallest absolute Gasteiger partial charge is 0.308 e. The predicted molar refractivity (Wildman–Crippen MR) is 66.9 cm³/mol. The molecule has 1 fully saturated rings. The summed E-state index contributed by atoms with van der Waals surface area (Å²) in [6.07, 6.45) is 2.61. The Labute approximate surface area is 110 Å². The molecule has 104 valence electrons. The maximum Gasteiger partial charge on any atom is 0.308 e. The minimum Gasteiger partial charge on any atom is -0.327 e. The summed E-state index contributed by atoms with van der Waals surface area (Å²) < 4.78 is 25.9. The van der Waals surface area contributed by atoms with Crippen LogP contribution in [-0.4, -0.2) is 41.8 Å². The van der Waals surface area contributed by atoms with Crippen molar-refractivity contribution < 1.29 is 13.3 Å². The van der Waals surface area contributed by atoms with Gasteiger partial charge >= 0.3 is 5.69 Å². The van der Waals surface area contributed by atoms with Gasteiger partial charge in [-0.1, -0.05) is 0 Å². The summed E-state index contributed by atoms with van der Waals surface area (Å²) in [5.74, 6) is 0. The Morgan fingerprint density at radius 2 is 2.26 bits per heavy atom. The van der Waals surface area contributed by atoms with Gasteiger partial charge in [0.15, 0.2) is 0 Å². The van der Waals surface area contributed by atoms with E-state index in [0.717, 1.165) is 16.8 Å². The lowest BCUT2D eigenvalue weighted by Crippen LogP contribution is -2.45. The summed E-state index contributed by atoms with van der Waals surface area (Å²) in [6, 6.07) is 2.22. The summed E-state index contributed by atoms with van der Waals surface area (Å²) in [5, 5.41) is 10.4. The highest BCUT2D eigenvalue weighted by molar-refractivity contribution is 7.89. The zero-order chi connectivity index (χ0) is 14.0. The van der Waals surface area contributed by atoms with E-state index in [4.69, 9.17) is 5.73 Å². The van der Waals surface area contributed by atoms with E-state index in [9.17, 15) is 18.5 Å². The van der Waals surface area contributed by atoms with E-state index in [1.807, 2.05) is 0 Å². The van der Waals surface area contributed by atoms with E-state index in [-0.39, 0.29) is 12.6 Å². The lowest BCUT2D eigenvalue weighted by molar-refractivity contribution is -0.388. The van der Waals surface area contributed by atoms with E-state index in [1.165, 1.54) is 12.3 Å². The molecule has 0 bridgehead atoms. The molecule has 1 aromatic heterocycles. The maximum atomic E-state index is 12.4. The molecule has 1 saturated heterocycles. The van der Waals surface area contributed by atoms with Gasteiger partial charge in [-0.25, -0.2) is 13.4 Å². The van der Waals surface area contributed by atoms with Crippen LogP contribution in [0.5, 0.6) is 0 Å². The second-order valence-electron chi connectivity index (χ2n) is 4.35. The minimum atomic E-state index is -3.97. The third-order valence-corrected chi connectivity index (χ3v) is 4.77. The minimum absolute atomic E-state index is 0.163. The van der Waals surface area contributed by atoms with Crippen molar-refractivity contribution in [3.05, 3.63) is 28.4 Å². The Balaban J connectivity index is 2.42. The molecule has 8 nitrogen and oxygen atoms in total. The Kier molecular flexibility index (Phi) is 3.78. The van der Waals surface area contributed by atoms with Crippen molar-refractivity contribution in [3.63, 3.8) is 0 Å². The number of sulfonamides is 1. The molecule has 1 unspecified atom stereocenters. The van der Waals surface area contributed by atoms with E-state index in [0.29, 0.717) is 13.0 Å². The van der Waals surface area contributed by atoms with Crippen LogP contribution in [0.4, 0.5) is 5.69 Å². The molecule has 19 heavy (non-hydrogen) atoms. The van der Waals surface area contributed by atoms with E-state index in [1.54, 1.807) is 0 Å². The van der Waals surface area contributed by atoms with Crippen LogP contribution in [0.1, 0.15) is 12.8 Å². The van der Waals surface area contributed by atoms with Crippen molar-refractivity contribution in [1.29, 1.82) is 0 Å². The Morgan fingerprint density at radius 3 is 2.89 bits per heavy atom. The van der Waals surface area contributed by atoms with Crippen LogP contribution in [0, 0.1) is 10.1 Å². The molecule has 1 aromatic rings. The average molecular weight is 286 g/mol. The van der Waals surface area contributed by atoms with E-state index < -0.39 is 25.7 Å². The number of pyridine rings is 1. The summed E-state index contributed by atoms with van der Waals surface area (Å²) in [6.45, 7) is 0.472. The highest BCUT2D eigenvalue weighted by Gasteiger charge is 2.35. The number of nitrogens with two attached hydrogens (primary N) is 1. The van der Waals surface area contributed by atoms with Gasteiger partial charge in [0, 0.05) is 31.4 Å². The van der Waals surface area contributed by atoms with Gasteiger partial charge in [-0.05, 0) is 18.9 Å². The van der Waals surface area contributed by atoms with E-state index in [2.05, 4.69) is 4.98 Å². The second-order valence-corrected chi connectivity index (χ2v) is 6.20. The molecule has 0 spiro atoms. The SMILES string of the molecule is NC1CCCN(S(=O)(=O)c2ncccc2[N+](=O)[O-])C1. The fourth-order valence-corrected chi connectivity index (χ4v) is 3.64. The first kappa shape index (κ1) is 13.8. The monoisotopic (exact) mass is 286 g/mol. The van der Waals surface area contributed by atoms with Crippen LogP contribution >= 0.6 is 0 Å². The second kappa shape index (κ2) is 5.19. The van der Waals surface area contributed by atoms with Crippen LogP contribution in [0.2, 0.25) is 0 Å². The fourth-order valence-electron chi connectivity index (χ4n) is 2.03. The third kappa shape index (κ3) is 2.72. The number of nitro groups is 1. The normalized spacial score (nSPS) is 21.2. The Morgan fingerprint density at radius 1 is 1.53 bits per heavy atom. The number of hydrogen-bond acceptors (Lipinski definition) is 6. The first-order valence-electron chi connectivity index (χ1n) is 5.78. The standard InChI is InChI=1S/C10H14N4O4S/c11-8-3-2-6-13(7-8)19(17,18)10-9(14(15)16)4-1-5-12-10/h1,4-5,8H,2-3,6-7,11H2. The highest BCUT2D eigenvalue weighted by atomic mass is 32.2. The number of piperidine rings is 1. The molecular formula is C10H14N4O4S. The maximum absolute atomic E-state index is 12.4. The molecule has 1 aliphatic rings. The molecular weight excluding hydrogens is 272 g/mol. The third-order valence-electron chi connectivity index (χ3n) is 2.95. The van der Waals surface area contributed by atoms with Gasteiger partial charge in [0.1, 0.15) is 0 Å². The number of rotatable bonds is 3. The topological polar surface area (TPSA) is 119 Å². The molecule has 0 aromatic carbocycles. The largest absolute Gasteiger partial charge is 0.327 e. The van der Waals surface area contributed by atoms with Gasteiger partial charge in [-0.3, -0.25) is 10.1 Å². The molecule has 1 atom stereocenters. The van der Waals surface area contributed by atoms with Crippen LogP contribution in [0.3, 0.4) is 0 Å². The fraction of sp³-hybridized carbons (Fsp3) is 0.500. The summed E-state index contributed by atoms with van der Waals surface area (Å²) in [5.41, 5.74) is 5.22. The molecule has 9 heteroatoms. The first-order valence-corrected chi connectivity index (χ1v) is 7.22. The van der Waals surface area contributed by atoms with Crippen molar-refractivity contribution in [2.24, 2.45) is 5.73 Å². The highest BCUT2D eigenvalue weighted by Crippen LogP contribution is 2.25. The van der Waals surface area contributed by atoms with Crippen molar-refractivity contribution in [2.75, 3.05) is 13.1 Å². The van der Waals surface area contributed by atoms with Gasteiger partial charge in [0.2, 0.25) is 5.03 Å². The number of aromatic nitrogens is 1. The zero-order valence-corrected chi connectivity index (χ0v) is 10.9. The summed E-state index contributed by atoms with van der Waals surface area (Å²) >= 11 is 0. The lowest BCUT2D eigenvalue weighted by Gasteiger charge is -2.29. The van der Waals surface area contributed by atoms with Crippen molar-refractivity contribution in [2.45, 2.75) is 23.9 Å². The Hall–Kier alpha value is -1.58. The van der Waals surface area contributed by atoms with Gasteiger partial charge < -0.3 is 5.73 Å². The van der Waals surface area contributed by atoms with Crippen LogP contribution in [0.15, 0.2) is 23.4 Å². The predicted octanol–water partition coefficient (Wildman–Crippen LogP) is 0.102. The molecule has 0 aliphatic carbocycles. The number of hydrogen-bond donors (Lipinski definition) is 1. The zero-order valence-electron chi connectivity index (χ0n) is 10.1. The van der Waals surface area contributed by atoms with Gasteiger partial charge in [-0.15, -0.1) is 0 Å². The molecule has 0 saturated carbocycles. The van der Waals surface area contributed by atoms with Gasteiger partial charge in [0.25, 0.3) is 10.0 Å². The first-order chi connectivity index (χ1) is 8.93. The van der Waals surface area contributed by atoms with Gasteiger partial charge in [-0.2, -0.15) is 4.31 Å². The number of nitrogens with zero attached hydrogens (tertiary/aromatic N) is 3. The molecule has 1 aliphatic heterocycles. The molecule has 2 heterocycles. The van der Waals surface area contributed by atoms with Crippen LogP contribution < -0.4 is 5.73 Å². The van der Waals surface area contributed by atoms with Crippen molar-refractivity contribution >= 4 is 15.7 Å². The van der Waals surface area contributed by atoms with Gasteiger partial charge in [0.05, 0.1) is 4.92 Å². The molecule has 0 radical (unpaired) electrons. The average Bonchev–Trinajstić information content (AvgIpc) is 2.38. The van der Waals surface area contributed by atoms with Crippen molar-refractivity contribution in [3.8, 4) is 0 Å². The van der Waals surface area contributed by atoms with Crippen LogP contribution in [-0.2, 0) is 10.0 Å². The molecule has 0 amide bonds. The summed E-state index contributed by atoms with van der Waals surface area (Å²) in [7, 11) is -3.97. The molecule has 2 rings (SSSR count). The van der Waals surface area contributed by atoms with Crippen molar-refractivity contribution in [1.82, 2.24) is 9.29 Å². The summed E-state index contributed by atoms with van der Waals surface area (Å²) in [4.78, 5) is 13.8.